The quantitative estimate of drug-likeness (QED) is 0.145. The van der Waals surface area contributed by atoms with Crippen LogP contribution < -0.4 is 4.90 Å². The number of anilines is 3. The molecule has 0 saturated carbocycles. The zero-order valence-corrected chi connectivity index (χ0v) is 36.1. The highest BCUT2D eigenvalue weighted by Crippen LogP contribution is 2.45. The maximum absolute atomic E-state index is 2.40. The van der Waals surface area contributed by atoms with E-state index in [9.17, 15) is 0 Å². The van der Waals surface area contributed by atoms with Gasteiger partial charge in [-0.15, -0.1) is 0 Å². The molecule has 2 nitrogen and oxygen atoms in total. The molecule has 0 unspecified atom stereocenters. The monoisotopic (exact) mass is 838 g/mol. The Morgan fingerprint density at radius 3 is 1.38 bits per heavy atom. The average molecular weight is 839 g/mol. The zero-order valence-electron chi connectivity index (χ0n) is 36.1. The molecule has 0 saturated heterocycles. The van der Waals surface area contributed by atoms with Gasteiger partial charge in [0, 0.05) is 39.6 Å². The van der Waals surface area contributed by atoms with E-state index < -0.39 is 0 Å². The summed E-state index contributed by atoms with van der Waals surface area (Å²) in [6.07, 6.45) is 2.21. The van der Waals surface area contributed by atoms with Gasteiger partial charge in [-0.25, -0.2) is 0 Å². The Balaban J connectivity index is 0.929. The van der Waals surface area contributed by atoms with E-state index in [1.54, 1.807) is 0 Å². The Hall–Kier alpha value is -8.72. The van der Waals surface area contributed by atoms with E-state index in [4.69, 9.17) is 0 Å². The molecule has 0 aliphatic rings. The Morgan fingerprint density at radius 2 is 0.773 bits per heavy atom. The van der Waals surface area contributed by atoms with Gasteiger partial charge in [-0.1, -0.05) is 194 Å². The Labute approximate surface area is 383 Å². The number of hydrogen-bond acceptors (Lipinski definition) is 1. The largest absolute Gasteiger partial charge is 0.315 e. The van der Waals surface area contributed by atoms with Crippen molar-refractivity contribution in [3.8, 4) is 44.5 Å². The van der Waals surface area contributed by atoms with Gasteiger partial charge in [0.05, 0.1) is 11.0 Å². The van der Waals surface area contributed by atoms with Crippen LogP contribution in [0.3, 0.4) is 0 Å². The molecule has 0 bridgehead atoms. The molecule has 0 atom stereocenters. The first kappa shape index (κ1) is 37.8. The van der Waals surface area contributed by atoms with Crippen molar-refractivity contribution in [2.45, 2.75) is 0 Å². The minimum absolute atomic E-state index is 1.09. The average Bonchev–Trinajstić information content (AvgIpc) is 3.75. The van der Waals surface area contributed by atoms with Gasteiger partial charge < -0.3 is 9.30 Å². The second kappa shape index (κ2) is 15.5. The van der Waals surface area contributed by atoms with Crippen molar-refractivity contribution in [1.82, 2.24) is 4.40 Å². The van der Waals surface area contributed by atoms with Crippen molar-refractivity contribution >= 4 is 76.6 Å². The number of pyridine rings is 1. The van der Waals surface area contributed by atoms with Crippen LogP contribution in [0.2, 0.25) is 0 Å². The van der Waals surface area contributed by atoms with Crippen molar-refractivity contribution in [2.75, 3.05) is 4.90 Å². The Kier molecular flexibility index (Phi) is 8.89. The van der Waals surface area contributed by atoms with Gasteiger partial charge >= 0.3 is 0 Å². The maximum atomic E-state index is 2.40. The summed E-state index contributed by atoms with van der Waals surface area (Å²) in [5.41, 5.74) is 15.5. The first-order valence-corrected chi connectivity index (χ1v) is 22.7. The van der Waals surface area contributed by atoms with E-state index in [1.165, 1.54) is 104 Å². The van der Waals surface area contributed by atoms with Gasteiger partial charge in [-0.05, 0) is 131 Å². The number of benzene rings is 11. The summed E-state index contributed by atoms with van der Waals surface area (Å²) < 4.78 is 2.38. The van der Waals surface area contributed by atoms with Gasteiger partial charge in [0.25, 0.3) is 0 Å². The van der Waals surface area contributed by atoms with Crippen molar-refractivity contribution < 1.29 is 0 Å². The fourth-order valence-electron chi connectivity index (χ4n) is 10.5. The SMILES string of the molecule is c1ccc(-c2c3c4ccc(-c5ccc(N(c6ccc(-c7cccc8ccccc78)cc6)c6ccc(-c7cccc8ccccc78)cc6)cc5)cc4c4ccccc4c3n3ccccc23)cc1. The molecular formula is C64H42N2. The molecule has 0 spiro atoms. The van der Waals surface area contributed by atoms with Gasteiger partial charge in [-0.2, -0.15) is 0 Å². The van der Waals surface area contributed by atoms with Crippen LogP contribution in [-0.2, 0) is 0 Å². The predicted molar refractivity (Wildman–Crippen MR) is 281 cm³/mol. The summed E-state index contributed by atoms with van der Waals surface area (Å²) in [6.45, 7) is 0. The zero-order chi connectivity index (χ0) is 43.6. The molecule has 0 aliphatic heterocycles. The van der Waals surface area contributed by atoms with Gasteiger partial charge in [-0.3, -0.25) is 0 Å². The first-order chi connectivity index (χ1) is 32.7. The van der Waals surface area contributed by atoms with Crippen LogP contribution in [0.25, 0.3) is 104 Å². The second-order valence-corrected chi connectivity index (χ2v) is 17.3. The third-order valence-corrected chi connectivity index (χ3v) is 13.6. The third kappa shape index (κ3) is 6.18. The number of hydrogen-bond donors (Lipinski definition) is 0. The number of aromatic nitrogens is 1. The van der Waals surface area contributed by atoms with E-state index in [1.807, 2.05) is 0 Å². The summed E-state index contributed by atoms with van der Waals surface area (Å²) >= 11 is 0. The molecular weight excluding hydrogens is 797 g/mol. The molecule has 13 aromatic rings. The standard InChI is InChI=1S/C64H42N2/c1-2-16-48(17-3-1)62-61-26-10-11-41-65(61)64-59-23-9-8-22-57(59)60-42-49(33-40-58(60)63(62)64)43-27-34-50(35-28-43)66(51-36-29-46(30-37-51)55-24-12-18-44-14-4-6-20-53(44)55)52-38-31-47(32-39-52)56-25-13-19-45-15-5-7-21-54(45)56/h1-42H. The highest BCUT2D eigenvalue weighted by Gasteiger charge is 2.21. The molecule has 2 heteroatoms. The maximum Gasteiger partial charge on any atom is 0.0620 e. The Morgan fingerprint density at radius 1 is 0.288 bits per heavy atom. The second-order valence-electron chi connectivity index (χ2n) is 17.3. The van der Waals surface area contributed by atoms with Crippen molar-refractivity contribution in [3.05, 3.63) is 255 Å². The van der Waals surface area contributed by atoms with Crippen molar-refractivity contribution in [3.63, 3.8) is 0 Å². The summed E-state index contributed by atoms with van der Waals surface area (Å²) in [4.78, 5) is 2.37. The molecule has 0 N–H and O–H groups in total. The predicted octanol–water partition coefficient (Wildman–Crippen LogP) is 17.8. The lowest BCUT2D eigenvalue weighted by Gasteiger charge is -2.26. The lowest BCUT2D eigenvalue weighted by Crippen LogP contribution is -2.09. The summed E-state index contributed by atoms with van der Waals surface area (Å²) in [5, 5.41) is 11.3. The van der Waals surface area contributed by atoms with Crippen molar-refractivity contribution in [2.24, 2.45) is 0 Å². The van der Waals surface area contributed by atoms with Crippen LogP contribution in [0, 0.1) is 0 Å². The molecule has 0 radical (unpaired) electrons. The first-order valence-electron chi connectivity index (χ1n) is 22.7. The topological polar surface area (TPSA) is 7.65 Å². The summed E-state index contributed by atoms with van der Waals surface area (Å²) in [7, 11) is 0. The number of nitrogens with zero attached hydrogens (tertiary/aromatic N) is 2. The normalized spacial score (nSPS) is 11.6. The van der Waals surface area contributed by atoms with Crippen molar-refractivity contribution in [1.29, 1.82) is 0 Å². The Bertz CT molecular complexity index is 3820. The van der Waals surface area contributed by atoms with Gasteiger partial charge in [0.1, 0.15) is 0 Å². The van der Waals surface area contributed by atoms with E-state index in [0.717, 1.165) is 17.1 Å². The molecule has 66 heavy (non-hydrogen) atoms. The van der Waals surface area contributed by atoms with Crippen LogP contribution in [0.15, 0.2) is 255 Å². The van der Waals surface area contributed by atoms with Gasteiger partial charge in [0.2, 0.25) is 0 Å². The fraction of sp³-hybridized carbons (Fsp3) is 0. The number of fused-ring (bicyclic) bond motifs is 10. The lowest BCUT2D eigenvalue weighted by molar-refractivity contribution is 1.26. The lowest BCUT2D eigenvalue weighted by atomic mass is 9.91. The van der Waals surface area contributed by atoms with Gasteiger partial charge in [0.15, 0.2) is 0 Å². The van der Waals surface area contributed by atoms with Crippen LogP contribution in [-0.4, -0.2) is 4.40 Å². The molecule has 0 fully saturated rings. The van der Waals surface area contributed by atoms with Crippen LogP contribution in [0.1, 0.15) is 0 Å². The van der Waals surface area contributed by atoms with E-state index in [-0.39, 0.29) is 0 Å². The summed E-state index contributed by atoms with van der Waals surface area (Å²) in [5.74, 6) is 0. The molecule has 2 aromatic heterocycles. The van der Waals surface area contributed by atoms with E-state index >= 15 is 0 Å². The van der Waals surface area contributed by atoms with E-state index in [2.05, 4.69) is 264 Å². The molecule has 0 amide bonds. The number of rotatable bonds is 7. The summed E-state index contributed by atoms with van der Waals surface area (Å²) in [6, 6.07) is 90.9. The van der Waals surface area contributed by atoms with Crippen LogP contribution in [0.5, 0.6) is 0 Å². The molecule has 0 aliphatic carbocycles. The molecule has 308 valence electrons. The minimum Gasteiger partial charge on any atom is -0.315 e. The minimum atomic E-state index is 1.09. The van der Waals surface area contributed by atoms with Crippen LogP contribution >= 0.6 is 0 Å². The molecule has 11 aromatic carbocycles. The third-order valence-electron chi connectivity index (χ3n) is 13.6. The van der Waals surface area contributed by atoms with E-state index in [0.29, 0.717) is 0 Å². The highest BCUT2D eigenvalue weighted by molar-refractivity contribution is 6.30. The molecule has 2 heterocycles. The van der Waals surface area contributed by atoms with Crippen LogP contribution in [0.4, 0.5) is 17.1 Å². The fourth-order valence-corrected chi connectivity index (χ4v) is 10.5. The molecule has 13 rings (SSSR count). The highest BCUT2D eigenvalue weighted by atomic mass is 15.1. The smallest absolute Gasteiger partial charge is 0.0620 e.